The number of rotatable bonds is 6. The number of benzene rings is 1. The number of anilines is 1. The van der Waals surface area contributed by atoms with E-state index in [0.717, 1.165) is 43.5 Å². The molecule has 3 aliphatic heterocycles. The summed E-state index contributed by atoms with van der Waals surface area (Å²) in [7, 11) is 0. The quantitative estimate of drug-likeness (QED) is 0.613. The highest BCUT2D eigenvalue weighted by atomic mass is 19.1. The Morgan fingerprint density at radius 3 is 2.71 bits per heavy atom. The van der Waals surface area contributed by atoms with Gasteiger partial charge in [-0.1, -0.05) is 27.3 Å². The number of alkyl halides is 1. The number of hydrogen-bond donors (Lipinski definition) is 1. The molecule has 5 rings (SSSR count). The van der Waals surface area contributed by atoms with Gasteiger partial charge in [0.05, 0.1) is 12.2 Å². The fourth-order valence-corrected chi connectivity index (χ4v) is 5.89. The molecule has 1 amide bonds. The molecule has 2 aromatic rings. The zero-order chi connectivity index (χ0) is 26.3. The van der Waals surface area contributed by atoms with Gasteiger partial charge in [0.25, 0.3) is 0 Å². The van der Waals surface area contributed by atoms with E-state index < -0.39 is 17.8 Å². The molecule has 6 nitrogen and oxygen atoms in total. The monoisotopic (exact) mass is 531 g/mol. The molecule has 0 aliphatic carbocycles. The van der Waals surface area contributed by atoms with Crippen molar-refractivity contribution in [3.8, 4) is 0 Å². The van der Waals surface area contributed by atoms with E-state index >= 15 is 0 Å². The first-order valence-electron chi connectivity index (χ1n) is 13.2. The average Bonchev–Trinajstić information content (AvgIpc) is 3.37. The van der Waals surface area contributed by atoms with Crippen LogP contribution < -0.4 is 10.2 Å². The molecule has 2 saturated heterocycles. The number of nitrogens with one attached hydrogen (secondary N) is 1. The predicted molar refractivity (Wildman–Crippen MR) is 144 cm³/mol. The minimum atomic E-state index is -0.764. The van der Waals surface area contributed by atoms with Crippen molar-refractivity contribution in [1.82, 2.24) is 20.1 Å². The molecule has 1 aromatic heterocycles. The number of hydrogen-bond acceptors (Lipinski definition) is 5. The Bertz CT molecular complexity index is 1160. The summed E-state index contributed by atoms with van der Waals surface area (Å²) in [5, 5.41) is 3.51. The maximum absolute atomic E-state index is 14.3. The van der Waals surface area contributed by atoms with Crippen LogP contribution in [0.3, 0.4) is 0 Å². The number of carbonyl (C=O) groups is 1. The maximum Gasteiger partial charge on any atom is 0.241 e. The highest BCUT2D eigenvalue weighted by molar-refractivity contribution is 5.97. The number of aromatic nitrogens is 1. The normalized spacial score (nSPS) is 25.3. The summed E-state index contributed by atoms with van der Waals surface area (Å²) in [6.45, 7) is 10.6. The van der Waals surface area contributed by atoms with Crippen LogP contribution in [0.1, 0.15) is 51.4 Å². The van der Waals surface area contributed by atoms with Gasteiger partial charge in [-0.05, 0) is 31.0 Å². The SMILES string of the molecule is C.C[C@@H]1CN(CC(=O)N2CC(C)(C)c3cnc(Cc4ccc(F)cc4F)cc32)[C@@H](CN2CC[C@H](F)C2)CN1. The largest absolute Gasteiger partial charge is 0.311 e. The highest BCUT2D eigenvalue weighted by Gasteiger charge is 2.40. The highest BCUT2D eigenvalue weighted by Crippen LogP contribution is 2.40. The number of carbonyl (C=O) groups excluding carboxylic acids is 1. The molecule has 1 N–H and O–H groups in total. The van der Waals surface area contributed by atoms with Crippen molar-refractivity contribution in [2.45, 2.75) is 64.7 Å². The molecule has 0 radical (unpaired) electrons. The number of amides is 1. The van der Waals surface area contributed by atoms with Crippen LogP contribution in [0, 0.1) is 11.6 Å². The zero-order valence-electron chi connectivity index (χ0n) is 21.8. The molecule has 3 atom stereocenters. The Hall–Kier alpha value is -2.49. The fraction of sp³-hybridized carbons (Fsp3) is 0.586. The van der Waals surface area contributed by atoms with Crippen LogP contribution in [-0.4, -0.2) is 84.8 Å². The van der Waals surface area contributed by atoms with Crippen molar-refractivity contribution in [2.24, 2.45) is 0 Å². The molecule has 3 aliphatic rings. The van der Waals surface area contributed by atoms with Crippen LogP contribution in [0.5, 0.6) is 0 Å². The van der Waals surface area contributed by atoms with Gasteiger partial charge in [-0.3, -0.25) is 19.6 Å². The van der Waals surface area contributed by atoms with Crippen LogP contribution >= 0.6 is 0 Å². The lowest BCUT2D eigenvalue weighted by atomic mass is 9.88. The predicted octanol–water partition coefficient (Wildman–Crippen LogP) is 3.92. The first kappa shape index (κ1) is 28.5. The molecular formula is C29H40F3N5O. The molecule has 0 saturated carbocycles. The number of nitrogens with zero attached hydrogens (tertiary/aromatic N) is 4. The van der Waals surface area contributed by atoms with Crippen molar-refractivity contribution in [3.05, 3.63) is 58.9 Å². The molecule has 0 unspecified atom stereocenters. The van der Waals surface area contributed by atoms with Gasteiger partial charge in [-0.2, -0.15) is 0 Å². The molecule has 0 spiro atoms. The van der Waals surface area contributed by atoms with Gasteiger partial charge in [-0.15, -0.1) is 0 Å². The summed E-state index contributed by atoms with van der Waals surface area (Å²) in [5.41, 5.74) is 2.52. The van der Waals surface area contributed by atoms with Gasteiger partial charge in [0, 0.05) is 86.7 Å². The van der Waals surface area contributed by atoms with Crippen LogP contribution in [-0.2, 0) is 16.6 Å². The Morgan fingerprint density at radius 2 is 2.00 bits per heavy atom. The lowest BCUT2D eigenvalue weighted by molar-refractivity contribution is -0.120. The third-order valence-corrected chi connectivity index (χ3v) is 7.95. The van der Waals surface area contributed by atoms with Crippen LogP contribution in [0.2, 0.25) is 0 Å². The number of piperazine rings is 1. The summed E-state index contributed by atoms with van der Waals surface area (Å²) in [4.78, 5) is 24.5. The Labute approximate surface area is 224 Å². The van der Waals surface area contributed by atoms with E-state index in [2.05, 4.69) is 40.9 Å². The second kappa shape index (κ2) is 11.3. The van der Waals surface area contributed by atoms with E-state index in [1.165, 1.54) is 12.1 Å². The number of likely N-dealkylation sites (tertiary alicyclic amines) is 1. The summed E-state index contributed by atoms with van der Waals surface area (Å²) in [5.74, 6) is -1.20. The van der Waals surface area contributed by atoms with Crippen LogP contribution in [0.15, 0.2) is 30.5 Å². The van der Waals surface area contributed by atoms with Crippen LogP contribution in [0.4, 0.5) is 18.9 Å². The Morgan fingerprint density at radius 1 is 1.21 bits per heavy atom. The van der Waals surface area contributed by atoms with Crippen LogP contribution in [0.25, 0.3) is 0 Å². The molecule has 0 bridgehead atoms. The molecular weight excluding hydrogens is 491 g/mol. The summed E-state index contributed by atoms with van der Waals surface area (Å²) < 4.78 is 41.4. The van der Waals surface area contributed by atoms with Crippen molar-refractivity contribution in [1.29, 1.82) is 0 Å². The van der Waals surface area contributed by atoms with Gasteiger partial charge < -0.3 is 10.2 Å². The first-order valence-corrected chi connectivity index (χ1v) is 13.2. The Balaban J connectivity index is 0.00000336. The molecule has 208 valence electrons. The van der Waals surface area contributed by atoms with Crippen molar-refractivity contribution in [2.75, 3.05) is 50.7 Å². The standard InChI is InChI=1S/C28H36F3N5O.CH4/c1-18-13-35(23(11-32-18)15-34-7-6-21(30)14-34)16-27(37)36-17-28(2,3)24-12-33-22(10-26(24)36)8-19-4-5-20(29)9-25(19)31;/h4-5,9-10,12,18,21,23,32H,6-8,11,13-17H2,1-3H3;1H4/t18-,21+,23-;/m1./s1. The minimum Gasteiger partial charge on any atom is -0.311 e. The molecule has 38 heavy (non-hydrogen) atoms. The third kappa shape index (κ3) is 6.05. The van der Waals surface area contributed by atoms with Gasteiger partial charge >= 0.3 is 0 Å². The van der Waals surface area contributed by atoms with E-state index in [1.807, 2.05) is 11.0 Å². The molecule has 4 heterocycles. The second-order valence-corrected chi connectivity index (χ2v) is 11.5. The van der Waals surface area contributed by atoms with Gasteiger partial charge in [0.15, 0.2) is 0 Å². The lowest BCUT2D eigenvalue weighted by Gasteiger charge is -2.41. The summed E-state index contributed by atoms with van der Waals surface area (Å²) in [6.07, 6.45) is 1.81. The van der Waals surface area contributed by atoms with E-state index in [0.29, 0.717) is 30.8 Å². The summed E-state index contributed by atoms with van der Waals surface area (Å²) >= 11 is 0. The van der Waals surface area contributed by atoms with E-state index in [4.69, 9.17) is 0 Å². The molecule has 1 aromatic carbocycles. The van der Waals surface area contributed by atoms with Gasteiger partial charge in [0.2, 0.25) is 5.91 Å². The summed E-state index contributed by atoms with van der Waals surface area (Å²) in [6, 6.07) is 5.82. The van der Waals surface area contributed by atoms with Crippen molar-refractivity contribution < 1.29 is 18.0 Å². The minimum absolute atomic E-state index is 0. The van der Waals surface area contributed by atoms with E-state index in [9.17, 15) is 18.0 Å². The zero-order valence-corrected chi connectivity index (χ0v) is 21.8. The van der Waals surface area contributed by atoms with Crippen molar-refractivity contribution in [3.63, 3.8) is 0 Å². The third-order valence-electron chi connectivity index (χ3n) is 7.95. The van der Waals surface area contributed by atoms with E-state index in [1.54, 1.807) is 6.20 Å². The smallest absolute Gasteiger partial charge is 0.241 e. The molecule has 9 heteroatoms. The van der Waals surface area contributed by atoms with E-state index in [-0.39, 0.29) is 43.8 Å². The first-order chi connectivity index (χ1) is 17.6. The topological polar surface area (TPSA) is 51.7 Å². The van der Waals surface area contributed by atoms with Crippen molar-refractivity contribution >= 4 is 11.6 Å². The fourth-order valence-electron chi connectivity index (χ4n) is 5.89. The lowest BCUT2D eigenvalue weighted by Crippen LogP contribution is -2.60. The average molecular weight is 532 g/mol. The van der Waals surface area contributed by atoms with Gasteiger partial charge in [-0.25, -0.2) is 13.2 Å². The van der Waals surface area contributed by atoms with Gasteiger partial charge in [0.1, 0.15) is 17.8 Å². The number of fused-ring (bicyclic) bond motifs is 1. The number of halogens is 3. The second-order valence-electron chi connectivity index (χ2n) is 11.5. The maximum atomic E-state index is 14.3. The molecule has 2 fully saturated rings. The Kier molecular flexibility index (Phi) is 8.49. The number of pyridine rings is 1.